The number of ether oxygens (including phenoxy) is 2. The van der Waals surface area contributed by atoms with Crippen LogP contribution in [0.5, 0.6) is 0 Å². The van der Waals surface area contributed by atoms with Crippen LogP contribution in [0.2, 0.25) is 0 Å². The second-order valence-corrected chi connectivity index (χ2v) is 13.1. The molecule has 0 amide bonds. The summed E-state index contributed by atoms with van der Waals surface area (Å²) in [6, 6.07) is 6.61. The van der Waals surface area contributed by atoms with Crippen molar-refractivity contribution < 1.29 is 48.7 Å². The highest BCUT2D eigenvalue weighted by Gasteiger charge is 2.46. The number of nitrogens with two attached hydrogens (primary N) is 1. The first kappa shape index (κ1) is 30.3. The molecule has 3 unspecified atom stereocenters. The van der Waals surface area contributed by atoms with Gasteiger partial charge >= 0.3 is 12.1 Å². The van der Waals surface area contributed by atoms with E-state index in [4.69, 9.17) is 10.5 Å². The molecule has 0 bridgehead atoms. The van der Waals surface area contributed by atoms with Crippen LogP contribution in [0.25, 0.3) is 0 Å². The SMILES string of the molecule is NC(OC(=O)C(F)(F)F)c1ccnc(S(=O)(=O)CC2CC(c3ccccc3F)CN2S(=O)(=O)N2CCOCC2)c1. The quantitative estimate of drug-likeness (QED) is 0.267. The maximum absolute atomic E-state index is 14.6. The van der Waals surface area contributed by atoms with Crippen molar-refractivity contribution in [3.63, 3.8) is 0 Å². The number of morpholine rings is 1. The Morgan fingerprint density at radius 1 is 1.15 bits per heavy atom. The van der Waals surface area contributed by atoms with E-state index in [1.165, 1.54) is 22.5 Å². The zero-order chi connectivity index (χ0) is 29.3. The van der Waals surface area contributed by atoms with Gasteiger partial charge in [0.25, 0.3) is 10.2 Å². The van der Waals surface area contributed by atoms with Crippen LogP contribution in [0, 0.1) is 5.82 Å². The summed E-state index contributed by atoms with van der Waals surface area (Å²) in [6.45, 7) is 0.249. The molecule has 1 aromatic heterocycles. The summed E-state index contributed by atoms with van der Waals surface area (Å²) >= 11 is 0. The molecule has 1 aromatic carbocycles. The summed E-state index contributed by atoms with van der Waals surface area (Å²) < 4.78 is 118. The van der Waals surface area contributed by atoms with Crippen molar-refractivity contribution in [1.29, 1.82) is 0 Å². The normalized spacial score (nSPS) is 22.2. The number of halogens is 4. The Kier molecular flexibility index (Phi) is 8.82. The number of nitrogens with zero attached hydrogens (tertiary/aromatic N) is 3. The van der Waals surface area contributed by atoms with Crippen LogP contribution < -0.4 is 5.73 Å². The summed E-state index contributed by atoms with van der Waals surface area (Å²) in [4.78, 5) is 14.9. The fourth-order valence-corrected chi connectivity index (χ4v) is 8.08. The molecule has 0 aliphatic carbocycles. The lowest BCUT2D eigenvalue weighted by Crippen LogP contribution is -2.51. The molecule has 0 radical (unpaired) electrons. The molecular weight excluding hydrogens is 584 g/mol. The first-order valence-electron chi connectivity index (χ1n) is 12.0. The molecule has 0 saturated carbocycles. The number of benzene rings is 1. The Morgan fingerprint density at radius 2 is 1.82 bits per heavy atom. The van der Waals surface area contributed by atoms with E-state index in [0.29, 0.717) is 0 Å². The van der Waals surface area contributed by atoms with E-state index in [2.05, 4.69) is 9.72 Å². The van der Waals surface area contributed by atoms with Crippen LogP contribution in [0.4, 0.5) is 17.6 Å². The molecule has 2 N–H and O–H groups in total. The molecule has 2 aromatic rings. The van der Waals surface area contributed by atoms with Gasteiger partial charge in [-0.1, -0.05) is 18.2 Å². The van der Waals surface area contributed by atoms with Crippen molar-refractivity contribution in [3.8, 4) is 0 Å². The van der Waals surface area contributed by atoms with Crippen molar-refractivity contribution in [2.45, 2.75) is 35.8 Å². The average molecular weight is 611 g/mol. The van der Waals surface area contributed by atoms with Crippen LogP contribution in [-0.4, -0.2) is 87.2 Å². The second-order valence-electron chi connectivity index (χ2n) is 9.23. The van der Waals surface area contributed by atoms with Gasteiger partial charge in [0, 0.05) is 43.4 Å². The number of pyridine rings is 1. The highest BCUT2D eigenvalue weighted by atomic mass is 32.2. The van der Waals surface area contributed by atoms with Crippen molar-refractivity contribution in [3.05, 3.63) is 59.5 Å². The van der Waals surface area contributed by atoms with Gasteiger partial charge in [0.15, 0.2) is 21.1 Å². The third-order valence-electron chi connectivity index (χ3n) is 6.59. The van der Waals surface area contributed by atoms with Gasteiger partial charge in [-0.3, -0.25) is 5.73 Å². The fraction of sp³-hybridized carbons (Fsp3) is 0.478. The van der Waals surface area contributed by atoms with E-state index < -0.39 is 67.0 Å². The maximum Gasteiger partial charge on any atom is 0.490 e. The van der Waals surface area contributed by atoms with Crippen molar-refractivity contribution in [2.75, 3.05) is 38.6 Å². The molecule has 17 heteroatoms. The lowest BCUT2D eigenvalue weighted by Gasteiger charge is -2.32. The van der Waals surface area contributed by atoms with Crippen LogP contribution in [-0.2, 0) is 34.3 Å². The van der Waals surface area contributed by atoms with Crippen LogP contribution in [0.15, 0.2) is 47.6 Å². The van der Waals surface area contributed by atoms with Crippen molar-refractivity contribution in [2.24, 2.45) is 5.73 Å². The molecule has 3 atom stereocenters. The van der Waals surface area contributed by atoms with E-state index in [0.717, 1.165) is 22.6 Å². The Balaban J connectivity index is 1.62. The third-order valence-corrected chi connectivity index (χ3v) is 10.3. The summed E-state index contributed by atoms with van der Waals surface area (Å²) in [5, 5.41) is -0.610. The number of carbonyl (C=O) groups is 1. The summed E-state index contributed by atoms with van der Waals surface area (Å²) in [5.74, 6) is -4.52. The summed E-state index contributed by atoms with van der Waals surface area (Å²) in [7, 11) is -8.54. The largest absolute Gasteiger partial charge is 0.490 e. The molecule has 2 saturated heterocycles. The van der Waals surface area contributed by atoms with Crippen molar-refractivity contribution in [1.82, 2.24) is 13.6 Å². The summed E-state index contributed by atoms with van der Waals surface area (Å²) in [5.41, 5.74) is 5.48. The van der Waals surface area contributed by atoms with E-state index in [9.17, 15) is 39.2 Å². The van der Waals surface area contributed by atoms with Gasteiger partial charge in [-0.05, 0) is 30.2 Å². The summed E-state index contributed by atoms with van der Waals surface area (Å²) in [6.07, 6.45) is -6.32. The van der Waals surface area contributed by atoms with Gasteiger partial charge in [0.2, 0.25) is 0 Å². The van der Waals surface area contributed by atoms with E-state index in [1.54, 1.807) is 6.07 Å². The van der Waals surface area contributed by atoms with Gasteiger partial charge < -0.3 is 9.47 Å². The molecule has 11 nitrogen and oxygen atoms in total. The Bertz CT molecular complexity index is 1450. The smallest absolute Gasteiger partial charge is 0.436 e. The van der Waals surface area contributed by atoms with Gasteiger partial charge in [0.05, 0.1) is 19.0 Å². The topological polar surface area (TPSA) is 149 Å². The minimum Gasteiger partial charge on any atom is -0.436 e. The van der Waals surface area contributed by atoms with Gasteiger partial charge in [0.1, 0.15) is 5.82 Å². The lowest BCUT2D eigenvalue weighted by atomic mass is 9.96. The van der Waals surface area contributed by atoms with E-state index in [1.807, 2.05) is 0 Å². The number of carbonyl (C=O) groups excluding carboxylic acids is 1. The minimum atomic E-state index is -5.31. The molecule has 0 spiro atoms. The van der Waals surface area contributed by atoms with Gasteiger partial charge in [-0.25, -0.2) is 22.6 Å². The van der Waals surface area contributed by atoms with E-state index in [-0.39, 0.29) is 50.4 Å². The monoisotopic (exact) mass is 610 g/mol. The lowest BCUT2D eigenvalue weighted by molar-refractivity contribution is -0.205. The zero-order valence-electron chi connectivity index (χ0n) is 20.8. The van der Waals surface area contributed by atoms with E-state index >= 15 is 0 Å². The number of hydrogen-bond acceptors (Lipinski definition) is 9. The highest BCUT2D eigenvalue weighted by molar-refractivity contribution is 7.91. The molecule has 40 heavy (non-hydrogen) atoms. The Hall–Kier alpha value is -2.70. The average Bonchev–Trinajstić information content (AvgIpc) is 3.32. The molecule has 2 aliphatic heterocycles. The second kappa shape index (κ2) is 11.7. The van der Waals surface area contributed by atoms with Crippen LogP contribution in [0.3, 0.4) is 0 Å². The first-order chi connectivity index (χ1) is 18.7. The predicted molar refractivity (Wildman–Crippen MR) is 131 cm³/mol. The maximum atomic E-state index is 14.6. The van der Waals surface area contributed by atoms with Crippen molar-refractivity contribution >= 4 is 26.0 Å². The fourth-order valence-electron chi connectivity index (χ4n) is 4.64. The molecule has 2 fully saturated rings. The number of hydrogen-bond donors (Lipinski definition) is 1. The third kappa shape index (κ3) is 6.60. The minimum absolute atomic E-state index is 0.0217. The number of alkyl halides is 3. The molecular formula is C23H26F4N4O7S2. The number of rotatable bonds is 8. The number of esters is 1. The molecule has 4 rings (SSSR count). The Morgan fingerprint density at radius 3 is 2.48 bits per heavy atom. The first-order valence-corrected chi connectivity index (χ1v) is 15.1. The molecule has 3 heterocycles. The Labute approximate surface area is 228 Å². The number of aromatic nitrogens is 1. The highest BCUT2D eigenvalue weighted by Crippen LogP contribution is 2.37. The van der Waals surface area contributed by atoms with Crippen LogP contribution in [0.1, 0.15) is 29.7 Å². The van der Waals surface area contributed by atoms with Gasteiger partial charge in [-0.15, -0.1) is 0 Å². The predicted octanol–water partition coefficient (Wildman–Crippen LogP) is 1.49. The zero-order valence-corrected chi connectivity index (χ0v) is 22.5. The number of sulfone groups is 1. The molecule has 220 valence electrons. The van der Waals surface area contributed by atoms with Crippen LogP contribution >= 0.6 is 0 Å². The standard InChI is InChI=1S/C23H26F4N4O7S2/c24-19-4-2-1-3-18(19)16-11-17(31(13-16)40(35,36)30-7-9-37-10-8-30)14-39(33,34)20-12-15(5-6-29-20)21(28)38-22(32)23(25,26)27/h1-6,12,16-17,21H,7-11,13-14,28H2. The molecule has 2 aliphatic rings. The van der Waals surface area contributed by atoms with Gasteiger partial charge in [-0.2, -0.15) is 30.2 Å².